The van der Waals surface area contributed by atoms with Gasteiger partial charge in [0, 0.05) is 25.7 Å². The zero-order valence-electron chi connectivity index (χ0n) is 12.6. The van der Waals surface area contributed by atoms with Crippen molar-refractivity contribution in [3.8, 4) is 0 Å². The number of rotatable bonds is 8. The molecule has 0 radical (unpaired) electrons. The van der Waals surface area contributed by atoms with E-state index in [0.29, 0.717) is 25.7 Å². The van der Waals surface area contributed by atoms with Gasteiger partial charge >= 0.3 is 0 Å². The van der Waals surface area contributed by atoms with Crippen LogP contribution in [0, 0.1) is 5.82 Å². The van der Waals surface area contributed by atoms with Crippen LogP contribution in [0.15, 0.2) is 24.3 Å². The van der Waals surface area contributed by atoms with Crippen LogP contribution in [0.2, 0.25) is 0 Å². The van der Waals surface area contributed by atoms with Crippen molar-refractivity contribution in [2.75, 3.05) is 20.3 Å². The van der Waals surface area contributed by atoms with E-state index in [1.165, 1.54) is 12.1 Å². The van der Waals surface area contributed by atoms with Crippen molar-refractivity contribution in [3.63, 3.8) is 0 Å². The summed E-state index contributed by atoms with van der Waals surface area (Å²) in [5, 5.41) is 2.92. The Morgan fingerprint density at radius 1 is 1.43 bits per heavy atom. The first-order valence-electron chi connectivity index (χ1n) is 7.35. The van der Waals surface area contributed by atoms with Crippen LogP contribution in [0.1, 0.15) is 25.3 Å². The lowest BCUT2D eigenvalue weighted by Gasteiger charge is -2.22. The number of halogens is 1. The van der Waals surface area contributed by atoms with Gasteiger partial charge in [-0.15, -0.1) is 0 Å². The molecule has 1 saturated carbocycles. The summed E-state index contributed by atoms with van der Waals surface area (Å²) >= 11 is 0. The van der Waals surface area contributed by atoms with E-state index in [-0.39, 0.29) is 17.8 Å². The van der Waals surface area contributed by atoms with E-state index < -0.39 is 0 Å². The fraction of sp³-hybridized carbons (Fsp3) is 0.562. The average Bonchev–Trinajstić information content (AvgIpc) is 3.25. The van der Waals surface area contributed by atoms with Gasteiger partial charge in [-0.3, -0.25) is 9.69 Å². The van der Waals surface area contributed by atoms with E-state index >= 15 is 0 Å². The van der Waals surface area contributed by atoms with E-state index in [4.69, 9.17) is 4.74 Å². The molecule has 1 aliphatic rings. The molecule has 0 aliphatic heterocycles. The molecule has 1 amide bonds. The molecule has 0 spiro atoms. The first-order chi connectivity index (χ1) is 10.1. The third-order valence-corrected chi connectivity index (χ3v) is 3.53. The smallest absolute Gasteiger partial charge is 0.234 e. The van der Waals surface area contributed by atoms with Gasteiger partial charge in [0.1, 0.15) is 5.82 Å². The van der Waals surface area contributed by atoms with E-state index in [1.807, 2.05) is 6.92 Å². The SMILES string of the molecule is COC[C@H](C)NC(=O)CN(Cc1ccc(F)cc1)C1CC1. The third kappa shape index (κ3) is 5.44. The van der Waals surface area contributed by atoms with Crippen molar-refractivity contribution < 1.29 is 13.9 Å². The standard InChI is InChI=1S/C16H23FN2O2/c1-12(11-21-2)18-16(20)10-19(15-7-8-15)9-13-3-5-14(17)6-4-13/h3-6,12,15H,7-11H2,1-2H3,(H,18,20)/t12-/m0/s1. The molecule has 1 aromatic carbocycles. The number of hydrogen-bond acceptors (Lipinski definition) is 3. The van der Waals surface area contributed by atoms with E-state index in [2.05, 4.69) is 10.2 Å². The van der Waals surface area contributed by atoms with E-state index in [9.17, 15) is 9.18 Å². The monoisotopic (exact) mass is 294 g/mol. The van der Waals surface area contributed by atoms with Crippen molar-refractivity contribution in [1.82, 2.24) is 10.2 Å². The minimum absolute atomic E-state index is 0.00793. The fourth-order valence-electron chi connectivity index (χ4n) is 2.37. The zero-order chi connectivity index (χ0) is 15.2. The van der Waals surface area contributed by atoms with Gasteiger partial charge in [0.25, 0.3) is 0 Å². The number of amides is 1. The van der Waals surface area contributed by atoms with Crippen LogP contribution in [-0.4, -0.2) is 43.2 Å². The lowest BCUT2D eigenvalue weighted by Crippen LogP contribution is -2.43. The summed E-state index contributed by atoms with van der Waals surface area (Å²) in [4.78, 5) is 14.2. The molecule has 1 aliphatic carbocycles. The molecule has 1 N–H and O–H groups in total. The molecule has 1 atom stereocenters. The van der Waals surface area contributed by atoms with Crippen molar-refractivity contribution in [2.45, 2.75) is 38.4 Å². The lowest BCUT2D eigenvalue weighted by atomic mass is 10.2. The molecular weight excluding hydrogens is 271 g/mol. The van der Waals surface area contributed by atoms with E-state index in [0.717, 1.165) is 18.4 Å². The first kappa shape index (κ1) is 15.9. The predicted molar refractivity (Wildman–Crippen MR) is 79.3 cm³/mol. The minimum atomic E-state index is -0.233. The third-order valence-electron chi connectivity index (χ3n) is 3.53. The van der Waals surface area contributed by atoms with Crippen molar-refractivity contribution >= 4 is 5.91 Å². The van der Waals surface area contributed by atoms with Crippen LogP contribution >= 0.6 is 0 Å². The van der Waals surface area contributed by atoms with E-state index in [1.54, 1.807) is 19.2 Å². The maximum absolute atomic E-state index is 12.9. The van der Waals surface area contributed by atoms with Gasteiger partial charge in [0.2, 0.25) is 5.91 Å². The molecule has 0 aromatic heterocycles. The molecular formula is C16H23FN2O2. The molecule has 1 aromatic rings. The number of nitrogens with zero attached hydrogens (tertiary/aromatic N) is 1. The van der Waals surface area contributed by atoms with Crippen LogP contribution in [0.5, 0.6) is 0 Å². The summed E-state index contributed by atoms with van der Waals surface area (Å²) in [7, 11) is 1.62. The van der Waals surface area contributed by atoms with Crippen LogP contribution in [0.25, 0.3) is 0 Å². The summed E-state index contributed by atoms with van der Waals surface area (Å²) < 4.78 is 17.9. The fourth-order valence-corrected chi connectivity index (χ4v) is 2.37. The molecule has 0 heterocycles. The van der Waals surface area contributed by atoms with Crippen molar-refractivity contribution in [2.24, 2.45) is 0 Å². The van der Waals surface area contributed by atoms with Gasteiger partial charge in [0.15, 0.2) is 0 Å². The van der Waals surface area contributed by atoms with Gasteiger partial charge in [-0.2, -0.15) is 0 Å². The highest BCUT2D eigenvalue weighted by atomic mass is 19.1. The Bertz CT molecular complexity index is 460. The molecule has 0 bridgehead atoms. The van der Waals surface area contributed by atoms with Gasteiger partial charge in [-0.25, -0.2) is 4.39 Å². The zero-order valence-corrected chi connectivity index (χ0v) is 12.6. The van der Waals surface area contributed by atoms with Crippen LogP contribution in [-0.2, 0) is 16.1 Å². The Morgan fingerprint density at radius 2 is 2.10 bits per heavy atom. The molecule has 0 unspecified atom stereocenters. The predicted octanol–water partition coefficient (Wildman–Crippen LogP) is 1.94. The highest BCUT2D eigenvalue weighted by Gasteiger charge is 2.30. The summed E-state index contributed by atoms with van der Waals surface area (Å²) in [5.74, 6) is -0.226. The van der Waals surface area contributed by atoms with Crippen LogP contribution < -0.4 is 5.32 Å². The van der Waals surface area contributed by atoms with Crippen molar-refractivity contribution in [1.29, 1.82) is 0 Å². The maximum Gasteiger partial charge on any atom is 0.234 e. The molecule has 5 heteroatoms. The average molecular weight is 294 g/mol. The normalized spacial score (nSPS) is 16.0. The number of methoxy groups -OCH3 is 1. The summed E-state index contributed by atoms with van der Waals surface area (Å²) in [5.41, 5.74) is 1.03. The quantitative estimate of drug-likeness (QED) is 0.796. The largest absolute Gasteiger partial charge is 0.383 e. The Hall–Kier alpha value is -1.46. The topological polar surface area (TPSA) is 41.6 Å². The number of nitrogens with one attached hydrogen (secondary N) is 1. The minimum Gasteiger partial charge on any atom is -0.383 e. The summed E-state index contributed by atoms with van der Waals surface area (Å²) in [6, 6.07) is 6.95. The number of carbonyl (C=O) groups is 1. The lowest BCUT2D eigenvalue weighted by molar-refractivity contribution is -0.123. The van der Waals surface area contributed by atoms with Gasteiger partial charge < -0.3 is 10.1 Å². The number of benzene rings is 1. The Labute approximate surface area is 125 Å². The van der Waals surface area contributed by atoms with Gasteiger partial charge in [-0.05, 0) is 37.5 Å². The van der Waals surface area contributed by atoms with Gasteiger partial charge in [-0.1, -0.05) is 12.1 Å². The molecule has 4 nitrogen and oxygen atoms in total. The molecule has 0 saturated heterocycles. The molecule has 1 fully saturated rings. The molecule has 21 heavy (non-hydrogen) atoms. The number of hydrogen-bond donors (Lipinski definition) is 1. The first-order valence-corrected chi connectivity index (χ1v) is 7.35. The Morgan fingerprint density at radius 3 is 2.67 bits per heavy atom. The van der Waals surface area contributed by atoms with Crippen molar-refractivity contribution in [3.05, 3.63) is 35.6 Å². The number of ether oxygens (including phenoxy) is 1. The van der Waals surface area contributed by atoms with Crippen LogP contribution in [0.4, 0.5) is 4.39 Å². The molecule has 2 rings (SSSR count). The maximum atomic E-state index is 12.9. The molecule has 116 valence electrons. The summed E-state index contributed by atoms with van der Waals surface area (Å²) in [6.45, 7) is 3.48. The highest BCUT2D eigenvalue weighted by molar-refractivity contribution is 5.78. The Balaban J connectivity index is 1.87. The highest BCUT2D eigenvalue weighted by Crippen LogP contribution is 2.28. The second-order valence-electron chi connectivity index (χ2n) is 5.69. The summed E-state index contributed by atoms with van der Waals surface area (Å²) in [6.07, 6.45) is 2.25. The number of carbonyl (C=O) groups excluding carboxylic acids is 1. The van der Waals surface area contributed by atoms with Crippen LogP contribution in [0.3, 0.4) is 0 Å². The van der Waals surface area contributed by atoms with Gasteiger partial charge in [0.05, 0.1) is 13.2 Å². The second kappa shape index (κ2) is 7.52. The Kier molecular flexibility index (Phi) is 5.70. The second-order valence-corrected chi connectivity index (χ2v) is 5.69.